The summed E-state index contributed by atoms with van der Waals surface area (Å²) < 4.78 is 38.1. The smallest absolute Gasteiger partial charge is 0.390 e. The van der Waals surface area contributed by atoms with Crippen LogP contribution in [0.25, 0.3) is 0 Å². The third kappa shape index (κ3) is 5.88. The number of nitrogens with zero attached hydrogens (tertiary/aromatic N) is 2. The van der Waals surface area contributed by atoms with Gasteiger partial charge in [-0.25, -0.2) is 4.98 Å². The molecule has 1 aromatic carbocycles. The van der Waals surface area contributed by atoms with Crippen LogP contribution in [0.5, 0.6) is 0 Å². The number of amides is 1. The molecule has 1 atom stereocenters. The second-order valence-corrected chi connectivity index (χ2v) is 8.59. The van der Waals surface area contributed by atoms with Gasteiger partial charge in [-0.2, -0.15) is 13.2 Å². The molecule has 0 saturated heterocycles. The number of pyridine rings is 1. The Labute approximate surface area is 182 Å². The average Bonchev–Trinajstić information content (AvgIpc) is 3.15. The Morgan fingerprint density at radius 3 is 2.45 bits per heavy atom. The lowest BCUT2D eigenvalue weighted by molar-refractivity contribution is -0.137. The van der Waals surface area contributed by atoms with Crippen molar-refractivity contribution in [3.8, 4) is 0 Å². The van der Waals surface area contributed by atoms with Gasteiger partial charge in [0.2, 0.25) is 0 Å². The first kappa shape index (κ1) is 22.9. The van der Waals surface area contributed by atoms with Gasteiger partial charge < -0.3 is 15.5 Å². The number of halogens is 4. The summed E-state index contributed by atoms with van der Waals surface area (Å²) in [7, 11) is 0. The van der Waals surface area contributed by atoms with E-state index in [0.29, 0.717) is 11.9 Å². The Bertz CT molecular complexity index is 986. The predicted molar refractivity (Wildman–Crippen MR) is 113 cm³/mol. The first-order chi connectivity index (χ1) is 14.4. The molecule has 3 rings (SSSR count). The monoisotopic (exact) mass is 454 g/mol. The molecule has 0 spiro atoms. The zero-order valence-corrected chi connectivity index (χ0v) is 17.9. The van der Waals surface area contributed by atoms with E-state index in [9.17, 15) is 18.0 Å². The summed E-state index contributed by atoms with van der Waals surface area (Å²) in [6, 6.07) is 8.36. The molecule has 2 aromatic rings. The number of oxime groups is 1. The Morgan fingerprint density at radius 1 is 1.19 bits per heavy atom. The highest BCUT2D eigenvalue weighted by atomic mass is 35.5. The van der Waals surface area contributed by atoms with Gasteiger partial charge in [0.15, 0.2) is 6.10 Å². The quantitative estimate of drug-likeness (QED) is 0.647. The number of hydrogen-bond acceptors (Lipinski definition) is 5. The summed E-state index contributed by atoms with van der Waals surface area (Å²) in [6.45, 7) is 6.48. The molecule has 0 radical (unpaired) electrons. The first-order valence-corrected chi connectivity index (χ1v) is 9.92. The van der Waals surface area contributed by atoms with Crippen molar-refractivity contribution in [2.45, 2.75) is 44.9 Å². The first-order valence-electron chi connectivity index (χ1n) is 9.54. The molecule has 1 aliphatic heterocycles. The number of nitrogens with one attached hydrogen (secondary N) is 2. The van der Waals surface area contributed by atoms with E-state index in [0.717, 1.165) is 11.6 Å². The minimum atomic E-state index is -4.52. The van der Waals surface area contributed by atoms with Gasteiger partial charge in [-0.05, 0) is 29.2 Å². The molecule has 0 aliphatic carbocycles. The van der Waals surface area contributed by atoms with Crippen molar-refractivity contribution in [2.75, 3.05) is 17.2 Å². The van der Waals surface area contributed by atoms with Gasteiger partial charge in [0.1, 0.15) is 11.5 Å². The standard InChI is InChI=1S/C21H22ClF3N4O2/c1-20(2,3)12-4-6-14(7-5-12)28-19(30)17-9-15(31-29-17)11-27-18-16(22)8-13(10-26-18)21(23,24)25/h4-8,10,15H,9,11H2,1-3H3,(H,26,27)(H,28,30). The number of aromatic nitrogens is 1. The molecule has 10 heteroatoms. The maximum absolute atomic E-state index is 12.7. The molecular weight excluding hydrogens is 433 g/mol. The Morgan fingerprint density at radius 2 is 1.87 bits per heavy atom. The van der Waals surface area contributed by atoms with Crippen LogP contribution in [0.1, 0.15) is 38.3 Å². The van der Waals surface area contributed by atoms with Crippen LogP contribution in [0.15, 0.2) is 41.7 Å². The summed E-state index contributed by atoms with van der Waals surface area (Å²) in [4.78, 5) is 21.4. The number of benzene rings is 1. The molecule has 2 heterocycles. The SMILES string of the molecule is CC(C)(C)c1ccc(NC(=O)C2=NOC(CNc3ncc(C(F)(F)F)cc3Cl)C2)cc1. The van der Waals surface area contributed by atoms with Crippen molar-refractivity contribution in [1.82, 2.24) is 4.98 Å². The van der Waals surface area contributed by atoms with E-state index < -0.39 is 17.8 Å². The van der Waals surface area contributed by atoms with E-state index in [1.807, 2.05) is 24.3 Å². The van der Waals surface area contributed by atoms with Crippen LogP contribution in [0, 0.1) is 0 Å². The van der Waals surface area contributed by atoms with Crippen LogP contribution in [-0.2, 0) is 21.2 Å². The minimum Gasteiger partial charge on any atom is -0.390 e. The van der Waals surface area contributed by atoms with E-state index in [-0.39, 0.29) is 40.8 Å². The molecule has 1 amide bonds. The fourth-order valence-corrected chi connectivity index (χ4v) is 3.10. The maximum Gasteiger partial charge on any atom is 0.417 e. The molecule has 6 nitrogen and oxygen atoms in total. The summed E-state index contributed by atoms with van der Waals surface area (Å²) >= 11 is 5.87. The summed E-state index contributed by atoms with van der Waals surface area (Å²) in [5.41, 5.74) is 1.09. The second-order valence-electron chi connectivity index (χ2n) is 8.18. The third-order valence-corrected chi connectivity index (χ3v) is 4.96. The lowest BCUT2D eigenvalue weighted by atomic mass is 9.87. The van der Waals surface area contributed by atoms with Crippen LogP contribution in [-0.4, -0.2) is 29.3 Å². The number of hydrogen-bond donors (Lipinski definition) is 2. The molecule has 31 heavy (non-hydrogen) atoms. The van der Waals surface area contributed by atoms with Crippen molar-refractivity contribution >= 4 is 34.7 Å². The van der Waals surface area contributed by atoms with Gasteiger partial charge in [-0.3, -0.25) is 4.79 Å². The van der Waals surface area contributed by atoms with Gasteiger partial charge in [-0.1, -0.05) is 49.7 Å². The highest BCUT2D eigenvalue weighted by Crippen LogP contribution is 2.32. The largest absolute Gasteiger partial charge is 0.417 e. The van der Waals surface area contributed by atoms with E-state index in [4.69, 9.17) is 16.4 Å². The van der Waals surface area contributed by atoms with Crippen molar-refractivity contribution < 1.29 is 22.8 Å². The van der Waals surface area contributed by atoms with Crippen LogP contribution in [0.2, 0.25) is 5.02 Å². The molecule has 1 aliphatic rings. The predicted octanol–water partition coefficient (Wildman–Crippen LogP) is 5.25. The van der Waals surface area contributed by atoms with E-state index >= 15 is 0 Å². The summed E-state index contributed by atoms with van der Waals surface area (Å²) in [5, 5.41) is 9.25. The molecule has 0 bridgehead atoms. The topological polar surface area (TPSA) is 75.6 Å². The number of rotatable bonds is 5. The third-order valence-electron chi connectivity index (χ3n) is 4.67. The maximum atomic E-state index is 12.7. The molecule has 1 unspecified atom stereocenters. The van der Waals surface area contributed by atoms with Crippen LogP contribution in [0.3, 0.4) is 0 Å². The normalized spacial score (nSPS) is 16.5. The highest BCUT2D eigenvalue weighted by Gasteiger charge is 2.32. The fraction of sp³-hybridized carbons (Fsp3) is 0.381. The molecule has 2 N–H and O–H groups in total. The van der Waals surface area contributed by atoms with Gasteiger partial charge in [0, 0.05) is 18.3 Å². The molecule has 166 valence electrons. The van der Waals surface area contributed by atoms with E-state index in [2.05, 4.69) is 41.5 Å². The van der Waals surface area contributed by atoms with Gasteiger partial charge in [-0.15, -0.1) is 0 Å². The van der Waals surface area contributed by atoms with E-state index in [1.165, 1.54) is 0 Å². The molecule has 0 fully saturated rings. The number of carbonyl (C=O) groups is 1. The Hall–Kier alpha value is -2.81. The highest BCUT2D eigenvalue weighted by molar-refractivity contribution is 6.43. The summed E-state index contributed by atoms with van der Waals surface area (Å²) in [5.74, 6) is -0.285. The Balaban J connectivity index is 1.51. The average molecular weight is 455 g/mol. The fourth-order valence-electron chi connectivity index (χ4n) is 2.86. The summed E-state index contributed by atoms with van der Waals surface area (Å²) in [6.07, 6.45) is -4.07. The van der Waals surface area contributed by atoms with Crippen molar-refractivity contribution in [3.63, 3.8) is 0 Å². The van der Waals surface area contributed by atoms with Crippen LogP contribution >= 0.6 is 11.6 Å². The van der Waals surface area contributed by atoms with Crippen LogP contribution < -0.4 is 10.6 Å². The van der Waals surface area contributed by atoms with Gasteiger partial charge in [0.05, 0.1) is 17.1 Å². The van der Waals surface area contributed by atoms with Crippen LogP contribution in [0.4, 0.5) is 24.7 Å². The second kappa shape index (κ2) is 8.74. The minimum absolute atomic E-state index is 0.0109. The molecule has 0 saturated carbocycles. The zero-order chi connectivity index (χ0) is 22.8. The Kier molecular flexibility index (Phi) is 6.45. The lowest BCUT2D eigenvalue weighted by Crippen LogP contribution is -2.26. The lowest BCUT2D eigenvalue weighted by Gasteiger charge is -2.19. The van der Waals surface area contributed by atoms with Gasteiger partial charge >= 0.3 is 6.18 Å². The van der Waals surface area contributed by atoms with Crippen molar-refractivity contribution in [3.05, 3.63) is 52.7 Å². The molecule has 1 aromatic heterocycles. The number of alkyl halides is 3. The number of anilines is 2. The zero-order valence-electron chi connectivity index (χ0n) is 17.2. The van der Waals surface area contributed by atoms with Crippen molar-refractivity contribution in [1.29, 1.82) is 0 Å². The molecular formula is C21H22ClF3N4O2. The number of carbonyl (C=O) groups excluding carboxylic acids is 1. The van der Waals surface area contributed by atoms with E-state index in [1.54, 1.807) is 0 Å². The van der Waals surface area contributed by atoms with Crippen molar-refractivity contribution in [2.24, 2.45) is 5.16 Å². The van der Waals surface area contributed by atoms with Gasteiger partial charge in [0.25, 0.3) is 5.91 Å².